The summed E-state index contributed by atoms with van der Waals surface area (Å²) >= 11 is 0. The first kappa shape index (κ1) is 11.1. The van der Waals surface area contributed by atoms with E-state index >= 15 is 0 Å². The van der Waals surface area contributed by atoms with Gasteiger partial charge in [-0.1, -0.05) is 24.3 Å². The number of carboxylic acids is 1. The first-order chi connectivity index (χ1) is 7.72. The van der Waals surface area contributed by atoms with Gasteiger partial charge in [-0.15, -0.1) is 0 Å². The highest BCUT2D eigenvalue weighted by Crippen LogP contribution is 2.28. The second kappa shape index (κ2) is 4.61. The van der Waals surface area contributed by atoms with Gasteiger partial charge in [-0.2, -0.15) is 0 Å². The number of carbonyl (C=O) groups is 1. The molecular weight excluding hydrogens is 209 g/mol. The molecule has 0 fully saturated rings. The van der Waals surface area contributed by atoms with Crippen molar-refractivity contribution in [1.29, 1.82) is 0 Å². The van der Waals surface area contributed by atoms with Crippen LogP contribution in [0.25, 0.3) is 0 Å². The molecule has 3 nitrogen and oxygen atoms in total. The molecule has 0 aromatic heterocycles. The Kier molecular flexibility index (Phi) is 3.19. The van der Waals surface area contributed by atoms with E-state index in [1.165, 1.54) is 0 Å². The molecule has 1 N–H and O–H groups in total. The fourth-order valence-corrected chi connectivity index (χ4v) is 2.18. The molecule has 1 aliphatic heterocycles. The van der Waals surface area contributed by atoms with E-state index in [0.29, 0.717) is 19.6 Å². The number of nitrogens with zero attached hydrogens (tertiary/aromatic N) is 1. The van der Waals surface area contributed by atoms with E-state index in [-0.39, 0.29) is 0 Å². The average Bonchev–Trinajstić information content (AvgIpc) is 2.28. The Labute approximate surface area is 93.5 Å². The molecule has 1 atom stereocenters. The molecule has 0 aliphatic carbocycles. The number of hydrogen-bond acceptors (Lipinski definition) is 2. The van der Waals surface area contributed by atoms with Gasteiger partial charge in [-0.25, -0.2) is 4.39 Å². The van der Waals surface area contributed by atoms with Crippen molar-refractivity contribution < 1.29 is 14.3 Å². The number of alkyl halides is 1. The second-order valence-corrected chi connectivity index (χ2v) is 4.01. The summed E-state index contributed by atoms with van der Waals surface area (Å²) in [4.78, 5) is 13.0. The van der Waals surface area contributed by atoms with E-state index in [1.807, 2.05) is 29.2 Å². The van der Waals surface area contributed by atoms with Crippen molar-refractivity contribution in [3.8, 4) is 0 Å². The van der Waals surface area contributed by atoms with Crippen molar-refractivity contribution in [1.82, 2.24) is 4.90 Å². The highest BCUT2D eigenvalue weighted by Gasteiger charge is 2.29. The molecule has 2 rings (SSSR count). The van der Waals surface area contributed by atoms with Gasteiger partial charge in [-0.05, 0) is 11.1 Å². The number of hydrogen-bond donors (Lipinski definition) is 1. The fourth-order valence-electron chi connectivity index (χ4n) is 2.18. The molecule has 1 unspecified atom stereocenters. The number of halogens is 1. The summed E-state index contributed by atoms with van der Waals surface area (Å²) in [5, 5.41) is 9.15. The maximum absolute atomic E-state index is 12.3. The molecule has 0 bridgehead atoms. The molecule has 16 heavy (non-hydrogen) atoms. The SMILES string of the molecule is O=C(O)C1CN(CCF)Cc2ccccc21. The monoisotopic (exact) mass is 223 g/mol. The molecule has 1 aromatic carbocycles. The fraction of sp³-hybridized carbons (Fsp3) is 0.417. The Bertz CT molecular complexity index is 394. The van der Waals surface area contributed by atoms with Gasteiger partial charge in [0.25, 0.3) is 0 Å². The van der Waals surface area contributed by atoms with Crippen molar-refractivity contribution in [2.45, 2.75) is 12.5 Å². The van der Waals surface area contributed by atoms with Gasteiger partial charge in [-0.3, -0.25) is 9.69 Å². The third-order valence-corrected chi connectivity index (χ3v) is 2.96. The molecule has 0 saturated heterocycles. The molecule has 1 aliphatic rings. The summed E-state index contributed by atoms with van der Waals surface area (Å²) in [5.41, 5.74) is 1.86. The molecule has 0 saturated carbocycles. The van der Waals surface area contributed by atoms with Crippen LogP contribution in [0.5, 0.6) is 0 Å². The molecule has 0 spiro atoms. The van der Waals surface area contributed by atoms with Gasteiger partial charge in [0.15, 0.2) is 0 Å². The Balaban J connectivity index is 2.30. The van der Waals surface area contributed by atoms with E-state index in [2.05, 4.69) is 0 Å². The predicted molar refractivity (Wildman–Crippen MR) is 58.1 cm³/mol. The van der Waals surface area contributed by atoms with Gasteiger partial charge in [0.05, 0.1) is 5.92 Å². The van der Waals surface area contributed by atoms with Gasteiger partial charge in [0.1, 0.15) is 6.67 Å². The van der Waals surface area contributed by atoms with Crippen LogP contribution in [0.2, 0.25) is 0 Å². The van der Waals surface area contributed by atoms with Crippen LogP contribution < -0.4 is 0 Å². The largest absolute Gasteiger partial charge is 0.481 e. The minimum atomic E-state index is -0.837. The Morgan fingerprint density at radius 3 is 2.94 bits per heavy atom. The van der Waals surface area contributed by atoms with Crippen LogP contribution in [0, 0.1) is 0 Å². The van der Waals surface area contributed by atoms with E-state index in [1.54, 1.807) is 0 Å². The summed E-state index contributed by atoms with van der Waals surface area (Å²) in [5.74, 6) is -1.37. The first-order valence-electron chi connectivity index (χ1n) is 5.31. The summed E-state index contributed by atoms with van der Waals surface area (Å²) in [6.45, 7) is 0.909. The van der Waals surface area contributed by atoms with Crippen LogP contribution in [0.3, 0.4) is 0 Å². The van der Waals surface area contributed by atoms with Gasteiger partial charge < -0.3 is 5.11 Å². The van der Waals surface area contributed by atoms with Crippen LogP contribution in [-0.2, 0) is 11.3 Å². The van der Waals surface area contributed by atoms with Crippen molar-refractivity contribution in [2.24, 2.45) is 0 Å². The summed E-state index contributed by atoms with van der Waals surface area (Å²) < 4.78 is 12.3. The molecule has 4 heteroatoms. The lowest BCUT2D eigenvalue weighted by Gasteiger charge is -2.31. The van der Waals surface area contributed by atoms with Crippen LogP contribution >= 0.6 is 0 Å². The van der Waals surface area contributed by atoms with Gasteiger partial charge in [0.2, 0.25) is 0 Å². The average molecular weight is 223 g/mol. The van der Waals surface area contributed by atoms with Crippen LogP contribution in [0.15, 0.2) is 24.3 Å². The maximum atomic E-state index is 12.3. The summed E-state index contributed by atoms with van der Waals surface area (Å²) in [6, 6.07) is 7.49. The zero-order valence-corrected chi connectivity index (χ0v) is 8.90. The predicted octanol–water partition coefficient (Wildman–Crippen LogP) is 1.64. The maximum Gasteiger partial charge on any atom is 0.312 e. The van der Waals surface area contributed by atoms with Crippen molar-refractivity contribution >= 4 is 5.97 Å². The highest BCUT2D eigenvalue weighted by atomic mass is 19.1. The Hall–Kier alpha value is -1.42. The Morgan fingerprint density at radius 1 is 1.50 bits per heavy atom. The molecular formula is C12H14FNO2. The highest BCUT2D eigenvalue weighted by molar-refractivity contribution is 5.77. The van der Waals surface area contributed by atoms with E-state index in [4.69, 9.17) is 5.11 Å². The van der Waals surface area contributed by atoms with Crippen LogP contribution in [0.4, 0.5) is 4.39 Å². The van der Waals surface area contributed by atoms with E-state index in [9.17, 15) is 9.18 Å². The minimum Gasteiger partial charge on any atom is -0.481 e. The number of aliphatic carboxylic acids is 1. The second-order valence-electron chi connectivity index (χ2n) is 4.01. The lowest BCUT2D eigenvalue weighted by atomic mass is 9.90. The van der Waals surface area contributed by atoms with Crippen molar-refractivity contribution in [3.05, 3.63) is 35.4 Å². The third kappa shape index (κ3) is 2.07. The molecule has 1 heterocycles. The zero-order chi connectivity index (χ0) is 11.5. The molecule has 86 valence electrons. The first-order valence-corrected chi connectivity index (χ1v) is 5.31. The van der Waals surface area contributed by atoms with Crippen molar-refractivity contribution in [3.63, 3.8) is 0 Å². The summed E-state index contributed by atoms with van der Waals surface area (Å²) in [7, 11) is 0. The standard InChI is InChI=1S/C12H14FNO2/c13-5-6-14-7-9-3-1-2-4-10(9)11(8-14)12(15)16/h1-4,11H,5-8H2,(H,15,16). The zero-order valence-electron chi connectivity index (χ0n) is 8.90. The number of carboxylic acid groups (broad SMARTS) is 1. The molecule has 0 amide bonds. The van der Waals surface area contributed by atoms with Crippen molar-refractivity contribution in [2.75, 3.05) is 19.8 Å². The Morgan fingerprint density at radius 2 is 2.25 bits per heavy atom. The topological polar surface area (TPSA) is 40.5 Å². The van der Waals surface area contributed by atoms with E-state index < -0.39 is 18.6 Å². The molecule has 0 radical (unpaired) electrons. The van der Waals surface area contributed by atoms with Crippen LogP contribution in [-0.4, -0.2) is 35.7 Å². The van der Waals surface area contributed by atoms with Crippen LogP contribution in [0.1, 0.15) is 17.0 Å². The number of fused-ring (bicyclic) bond motifs is 1. The van der Waals surface area contributed by atoms with E-state index in [0.717, 1.165) is 11.1 Å². The number of benzene rings is 1. The minimum absolute atomic E-state index is 0.304. The summed E-state index contributed by atoms with van der Waals surface area (Å²) in [6.07, 6.45) is 0. The lowest BCUT2D eigenvalue weighted by Crippen LogP contribution is -2.37. The third-order valence-electron chi connectivity index (χ3n) is 2.96. The van der Waals surface area contributed by atoms with Gasteiger partial charge in [0, 0.05) is 19.6 Å². The normalized spacial score (nSPS) is 20.4. The lowest BCUT2D eigenvalue weighted by molar-refractivity contribution is -0.139. The smallest absolute Gasteiger partial charge is 0.312 e. The number of rotatable bonds is 3. The quantitative estimate of drug-likeness (QED) is 0.846. The van der Waals surface area contributed by atoms with Gasteiger partial charge >= 0.3 is 5.97 Å². The molecule has 1 aromatic rings.